The highest BCUT2D eigenvalue weighted by Gasteiger charge is 2.16. The van der Waals surface area contributed by atoms with E-state index in [1.807, 2.05) is 43.3 Å². The highest BCUT2D eigenvalue weighted by molar-refractivity contribution is 6.10. The minimum absolute atomic E-state index is 0.0184. The molecule has 0 saturated heterocycles. The second-order valence-electron chi connectivity index (χ2n) is 8.47. The second-order valence-corrected chi connectivity index (χ2v) is 8.47. The Morgan fingerprint density at radius 3 is 1.81 bits per heavy atom. The maximum atomic E-state index is 12.8. The average molecular weight is 417 g/mol. The number of carbonyl (C=O) groups excluding carboxylic acids is 2. The van der Waals surface area contributed by atoms with Crippen molar-refractivity contribution in [3.63, 3.8) is 0 Å². The molecule has 5 nitrogen and oxygen atoms in total. The number of rotatable bonds is 5. The van der Waals surface area contributed by atoms with Crippen LogP contribution in [0, 0.1) is 6.92 Å². The van der Waals surface area contributed by atoms with Gasteiger partial charge in [-0.1, -0.05) is 51.1 Å². The maximum Gasteiger partial charge on any atom is 0.255 e. The van der Waals surface area contributed by atoms with Gasteiger partial charge in [-0.3, -0.25) is 9.59 Å². The number of para-hydroxylation sites is 2. The third kappa shape index (κ3) is 5.31. The van der Waals surface area contributed by atoms with Gasteiger partial charge in [0, 0.05) is 11.1 Å². The van der Waals surface area contributed by atoms with Gasteiger partial charge < -0.3 is 15.4 Å². The van der Waals surface area contributed by atoms with Gasteiger partial charge in [0.1, 0.15) is 5.75 Å². The Bertz CT molecular complexity index is 1100. The number of aryl methyl sites for hydroxylation is 1. The van der Waals surface area contributed by atoms with Crippen LogP contribution in [-0.4, -0.2) is 18.9 Å². The summed E-state index contributed by atoms with van der Waals surface area (Å²) in [5, 5.41) is 5.77. The van der Waals surface area contributed by atoms with E-state index in [0.717, 1.165) is 11.1 Å². The fourth-order valence-corrected chi connectivity index (χ4v) is 3.17. The van der Waals surface area contributed by atoms with Crippen LogP contribution in [0.25, 0.3) is 0 Å². The molecular weight excluding hydrogens is 388 g/mol. The molecule has 0 aliphatic carbocycles. The largest absolute Gasteiger partial charge is 0.496 e. The van der Waals surface area contributed by atoms with Crippen LogP contribution in [-0.2, 0) is 5.41 Å². The van der Waals surface area contributed by atoms with E-state index in [2.05, 4.69) is 31.4 Å². The van der Waals surface area contributed by atoms with E-state index in [-0.39, 0.29) is 17.2 Å². The van der Waals surface area contributed by atoms with Gasteiger partial charge in [-0.05, 0) is 59.9 Å². The van der Waals surface area contributed by atoms with Crippen molar-refractivity contribution in [2.24, 2.45) is 0 Å². The molecule has 0 unspecified atom stereocenters. The van der Waals surface area contributed by atoms with E-state index in [1.54, 1.807) is 37.4 Å². The van der Waals surface area contributed by atoms with Gasteiger partial charge in [0.15, 0.2) is 0 Å². The zero-order valence-electron chi connectivity index (χ0n) is 18.6. The molecule has 2 amide bonds. The van der Waals surface area contributed by atoms with Crippen molar-refractivity contribution in [3.05, 3.63) is 89.0 Å². The monoisotopic (exact) mass is 416 g/mol. The number of nitrogens with one attached hydrogen (secondary N) is 2. The molecule has 0 aromatic heterocycles. The number of benzene rings is 3. The topological polar surface area (TPSA) is 67.4 Å². The van der Waals surface area contributed by atoms with Crippen molar-refractivity contribution in [1.82, 2.24) is 0 Å². The van der Waals surface area contributed by atoms with Gasteiger partial charge in [-0.25, -0.2) is 0 Å². The summed E-state index contributed by atoms with van der Waals surface area (Å²) in [6.07, 6.45) is 0. The first-order valence-electron chi connectivity index (χ1n) is 10.2. The predicted octanol–water partition coefficient (Wildman–Crippen LogP) is 5.81. The summed E-state index contributed by atoms with van der Waals surface area (Å²) in [6.45, 7) is 8.30. The molecule has 2 N–H and O–H groups in total. The number of hydrogen-bond acceptors (Lipinski definition) is 3. The van der Waals surface area contributed by atoms with E-state index in [4.69, 9.17) is 4.74 Å². The normalized spacial score (nSPS) is 11.0. The average Bonchev–Trinajstić information content (AvgIpc) is 2.74. The Kier molecular flexibility index (Phi) is 6.44. The molecule has 0 saturated carbocycles. The molecular formula is C26H28N2O3. The second kappa shape index (κ2) is 9.04. The van der Waals surface area contributed by atoms with Crippen molar-refractivity contribution in [1.29, 1.82) is 0 Å². The Morgan fingerprint density at radius 1 is 0.774 bits per heavy atom. The van der Waals surface area contributed by atoms with Crippen LogP contribution < -0.4 is 15.4 Å². The Balaban J connectivity index is 1.77. The first-order chi connectivity index (χ1) is 14.7. The van der Waals surface area contributed by atoms with E-state index in [9.17, 15) is 9.59 Å². The SMILES string of the molecule is COc1cc(C(=O)Nc2ccccc2NC(=O)c2ccc(C(C)(C)C)cc2)ccc1C. The highest BCUT2D eigenvalue weighted by Crippen LogP contribution is 2.25. The Labute approximate surface area is 183 Å². The van der Waals surface area contributed by atoms with Crippen molar-refractivity contribution in [2.45, 2.75) is 33.1 Å². The molecule has 160 valence electrons. The summed E-state index contributed by atoms with van der Waals surface area (Å²) < 4.78 is 5.30. The van der Waals surface area contributed by atoms with Crippen LogP contribution in [0.2, 0.25) is 0 Å². The fourth-order valence-electron chi connectivity index (χ4n) is 3.17. The van der Waals surface area contributed by atoms with Crippen LogP contribution in [0.3, 0.4) is 0 Å². The molecule has 0 fully saturated rings. The summed E-state index contributed by atoms with van der Waals surface area (Å²) in [6, 6.07) is 20.0. The number of amides is 2. The van der Waals surface area contributed by atoms with Crippen LogP contribution in [0.15, 0.2) is 66.7 Å². The number of anilines is 2. The third-order valence-electron chi connectivity index (χ3n) is 5.11. The summed E-state index contributed by atoms with van der Waals surface area (Å²) in [5.41, 5.74) is 4.20. The Morgan fingerprint density at radius 2 is 1.29 bits per heavy atom. The molecule has 3 rings (SSSR count). The van der Waals surface area contributed by atoms with Crippen LogP contribution >= 0.6 is 0 Å². The summed E-state index contributed by atoms with van der Waals surface area (Å²) in [4.78, 5) is 25.5. The maximum absolute atomic E-state index is 12.8. The van der Waals surface area contributed by atoms with E-state index in [0.29, 0.717) is 28.3 Å². The third-order valence-corrected chi connectivity index (χ3v) is 5.11. The van der Waals surface area contributed by atoms with Crippen LogP contribution in [0.4, 0.5) is 11.4 Å². The summed E-state index contributed by atoms with van der Waals surface area (Å²) in [7, 11) is 1.57. The quantitative estimate of drug-likeness (QED) is 0.552. The first-order valence-corrected chi connectivity index (χ1v) is 10.2. The van der Waals surface area contributed by atoms with E-state index in [1.165, 1.54) is 0 Å². The van der Waals surface area contributed by atoms with Crippen molar-refractivity contribution in [3.8, 4) is 5.75 Å². The Hall–Kier alpha value is -3.60. The van der Waals surface area contributed by atoms with Gasteiger partial charge in [0.05, 0.1) is 18.5 Å². The zero-order chi connectivity index (χ0) is 22.6. The lowest BCUT2D eigenvalue weighted by Gasteiger charge is -2.19. The lowest BCUT2D eigenvalue weighted by molar-refractivity contribution is 0.101. The zero-order valence-corrected chi connectivity index (χ0v) is 18.6. The molecule has 31 heavy (non-hydrogen) atoms. The summed E-state index contributed by atoms with van der Waals surface area (Å²) >= 11 is 0. The molecule has 3 aromatic carbocycles. The number of methoxy groups -OCH3 is 1. The smallest absolute Gasteiger partial charge is 0.255 e. The van der Waals surface area contributed by atoms with Crippen molar-refractivity contribution < 1.29 is 14.3 Å². The van der Waals surface area contributed by atoms with E-state index < -0.39 is 0 Å². The van der Waals surface area contributed by atoms with Crippen molar-refractivity contribution in [2.75, 3.05) is 17.7 Å². The van der Waals surface area contributed by atoms with Gasteiger partial charge in [0.25, 0.3) is 11.8 Å². The molecule has 0 bridgehead atoms. The molecule has 5 heteroatoms. The minimum atomic E-state index is -0.283. The number of ether oxygens (including phenoxy) is 1. The van der Waals surface area contributed by atoms with E-state index >= 15 is 0 Å². The molecule has 0 aliphatic heterocycles. The first kappa shape index (κ1) is 22.1. The van der Waals surface area contributed by atoms with Gasteiger partial charge >= 0.3 is 0 Å². The highest BCUT2D eigenvalue weighted by atomic mass is 16.5. The fraction of sp³-hybridized carbons (Fsp3) is 0.231. The standard InChI is InChI=1S/C26H28N2O3/c1-17-10-11-19(16-23(17)31-5)25(30)28-22-9-7-6-8-21(22)27-24(29)18-12-14-20(15-13-18)26(2,3)4/h6-16H,1-5H3,(H,27,29)(H,28,30). The molecule has 3 aromatic rings. The molecule has 0 aliphatic rings. The lowest BCUT2D eigenvalue weighted by atomic mass is 9.87. The number of carbonyl (C=O) groups is 2. The molecule has 0 radical (unpaired) electrons. The van der Waals surface area contributed by atoms with Gasteiger partial charge in [0.2, 0.25) is 0 Å². The molecule has 0 heterocycles. The van der Waals surface area contributed by atoms with Crippen LogP contribution in [0.1, 0.15) is 52.6 Å². The van der Waals surface area contributed by atoms with Gasteiger partial charge in [-0.15, -0.1) is 0 Å². The predicted molar refractivity (Wildman–Crippen MR) is 125 cm³/mol. The number of hydrogen-bond donors (Lipinski definition) is 2. The summed E-state index contributed by atoms with van der Waals surface area (Å²) in [5.74, 6) is 0.127. The van der Waals surface area contributed by atoms with Gasteiger partial charge in [-0.2, -0.15) is 0 Å². The minimum Gasteiger partial charge on any atom is -0.496 e. The molecule has 0 atom stereocenters. The molecule has 0 spiro atoms. The van der Waals surface area contributed by atoms with Crippen LogP contribution in [0.5, 0.6) is 5.75 Å². The lowest BCUT2D eigenvalue weighted by Crippen LogP contribution is -2.17. The van der Waals surface area contributed by atoms with Crippen molar-refractivity contribution >= 4 is 23.2 Å².